The van der Waals surface area contributed by atoms with Crippen molar-refractivity contribution in [2.24, 2.45) is 0 Å². The molecule has 2 atom stereocenters. The molecule has 1 rings (SSSR count). The first-order valence-corrected chi connectivity index (χ1v) is 7.51. The van der Waals surface area contributed by atoms with Crippen LogP contribution >= 0.6 is 0 Å². The second-order valence-electron chi connectivity index (χ2n) is 6.47. The molecule has 0 spiro atoms. The summed E-state index contributed by atoms with van der Waals surface area (Å²) in [6.45, 7) is 8.90. The van der Waals surface area contributed by atoms with E-state index in [0.717, 1.165) is 12.0 Å². The van der Waals surface area contributed by atoms with Gasteiger partial charge in [0, 0.05) is 6.04 Å². The molecule has 0 aliphatic rings. The van der Waals surface area contributed by atoms with E-state index in [0.29, 0.717) is 0 Å². The maximum Gasteiger partial charge on any atom is 0.408 e. The van der Waals surface area contributed by atoms with Crippen LogP contribution < -0.4 is 10.6 Å². The summed E-state index contributed by atoms with van der Waals surface area (Å²) in [4.78, 5) is 23.7. The second-order valence-corrected chi connectivity index (χ2v) is 6.47. The van der Waals surface area contributed by atoms with E-state index in [-0.39, 0.29) is 11.9 Å². The van der Waals surface area contributed by atoms with E-state index in [2.05, 4.69) is 10.6 Å². The van der Waals surface area contributed by atoms with Crippen LogP contribution in [0.2, 0.25) is 0 Å². The average molecular weight is 306 g/mol. The summed E-state index contributed by atoms with van der Waals surface area (Å²) < 4.78 is 5.13. The smallest absolute Gasteiger partial charge is 0.408 e. The summed E-state index contributed by atoms with van der Waals surface area (Å²) in [5.41, 5.74) is 0.573. The lowest BCUT2D eigenvalue weighted by molar-refractivity contribution is -0.123. The molecule has 1 aromatic rings. The zero-order chi connectivity index (χ0) is 16.8. The Labute approximate surface area is 132 Å². The first-order chi connectivity index (χ1) is 10.2. The van der Waals surface area contributed by atoms with E-state index in [1.165, 1.54) is 0 Å². The average Bonchev–Trinajstić information content (AvgIpc) is 2.37. The number of hydrogen-bond acceptors (Lipinski definition) is 3. The molecule has 0 unspecified atom stereocenters. The summed E-state index contributed by atoms with van der Waals surface area (Å²) >= 11 is 0. The molecule has 2 N–H and O–H groups in total. The predicted octanol–water partition coefficient (Wildman–Crippen LogP) is 2.65. The molecule has 0 bridgehead atoms. The minimum atomic E-state index is -0.645. The van der Waals surface area contributed by atoms with Gasteiger partial charge in [-0.05, 0) is 46.6 Å². The molecule has 0 heterocycles. The standard InChI is InChI=1S/C17H26N2O3/c1-12(11-14-9-7-6-8-10-14)18-15(20)13(2)19-16(21)22-17(3,4)5/h6-10,12-13H,11H2,1-5H3,(H,18,20)(H,19,21)/t12-,13-/m0/s1. The number of nitrogens with one attached hydrogen (secondary N) is 2. The third kappa shape index (κ3) is 7.11. The first-order valence-electron chi connectivity index (χ1n) is 7.51. The van der Waals surface area contributed by atoms with Crippen LogP contribution in [0.25, 0.3) is 0 Å². The molecular formula is C17H26N2O3. The molecule has 0 fully saturated rings. The van der Waals surface area contributed by atoms with Crippen LogP contribution in [0.1, 0.15) is 40.2 Å². The van der Waals surface area contributed by atoms with E-state index in [1.807, 2.05) is 37.3 Å². The van der Waals surface area contributed by atoms with Crippen molar-refractivity contribution in [1.29, 1.82) is 0 Å². The molecule has 5 heteroatoms. The van der Waals surface area contributed by atoms with Gasteiger partial charge in [0.25, 0.3) is 0 Å². The quantitative estimate of drug-likeness (QED) is 0.879. The second kappa shape index (κ2) is 7.82. The van der Waals surface area contributed by atoms with Crippen molar-refractivity contribution in [1.82, 2.24) is 10.6 Å². The Morgan fingerprint density at radius 3 is 2.23 bits per heavy atom. The van der Waals surface area contributed by atoms with Gasteiger partial charge in [0.2, 0.25) is 5.91 Å². The van der Waals surface area contributed by atoms with Crippen molar-refractivity contribution < 1.29 is 14.3 Å². The largest absolute Gasteiger partial charge is 0.444 e. The number of carbonyl (C=O) groups is 2. The molecule has 0 aliphatic heterocycles. The van der Waals surface area contributed by atoms with Crippen LogP contribution in [-0.2, 0) is 16.0 Å². The van der Waals surface area contributed by atoms with E-state index in [1.54, 1.807) is 27.7 Å². The maximum atomic E-state index is 12.1. The van der Waals surface area contributed by atoms with Crippen molar-refractivity contribution in [3.8, 4) is 0 Å². The topological polar surface area (TPSA) is 67.4 Å². The van der Waals surface area contributed by atoms with Gasteiger partial charge in [-0.3, -0.25) is 4.79 Å². The molecule has 2 amide bonds. The van der Waals surface area contributed by atoms with Gasteiger partial charge >= 0.3 is 6.09 Å². The molecular weight excluding hydrogens is 280 g/mol. The number of hydrogen-bond donors (Lipinski definition) is 2. The predicted molar refractivity (Wildman–Crippen MR) is 86.6 cm³/mol. The van der Waals surface area contributed by atoms with Crippen molar-refractivity contribution in [2.45, 2.75) is 58.7 Å². The van der Waals surface area contributed by atoms with Gasteiger partial charge in [0.05, 0.1) is 0 Å². The lowest BCUT2D eigenvalue weighted by Gasteiger charge is -2.22. The van der Waals surface area contributed by atoms with Gasteiger partial charge in [0.15, 0.2) is 0 Å². The SMILES string of the molecule is C[C@H](NC(=O)OC(C)(C)C)C(=O)N[C@@H](C)Cc1ccccc1. The lowest BCUT2D eigenvalue weighted by atomic mass is 10.1. The van der Waals surface area contributed by atoms with Gasteiger partial charge in [-0.2, -0.15) is 0 Å². The Morgan fingerprint density at radius 1 is 1.09 bits per heavy atom. The van der Waals surface area contributed by atoms with Crippen LogP contribution in [-0.4, -0.2) is 29.7 Å². The van der Waals surface area contributed by atoms with Crippen molar-refractivity contribution in [2.75, 3.05) is 0 Å². The number of carbonyl (C=O) groups excluding carboxylic acids is 2. The number of rotatable bonds is 5. The van der Waals surface area contributed by atoms with E-state index in [4.69, 9.17) is 4.74 Å². The fraction of sp³-hybridized carbons (Fsp3) is 0.529. The van der Waals surface area contributed by atoms with Crippen molar-refractivity contribution >= 4 is 12.0 Å². The zero-order valence-electron chi connectivity index (χ0n) is 14.0. The van der Waals surface area contributed by atoms with Gasteiger partial charge in [-0.25, -0.2) is 4.79 Å². The number of ether oxygens (including phenoxy) is 1. The monoisotopic (exact) mass is 306 g/mol. The molecule has 1 aromatic carbocycles. The van der Waals surface area contributed by atoms with Crippen LogP contribution in [0.15, 0.2) is 30.3 Å². The molecule has 0 aromatic heterocycles. The van der Waals surface area contributed by atoms with Crippen molar-refractivity contribution in [3.05, 3.63) is 35.9 Å². The summed E-state index contributed by atoms with van der Waals surface area (Å²) in [5.74, 6) is -0.228. The minimum absolute atomic E-state index is 0.0159. The van der Waals surface area contributed by atoms with Gasteiger partial charge in [0.1, 0.15) is 11.6 Å². The Kier molecular flexibility index (Phi) is 6.40. The van der Waals surface area contributed by atoms with Crippen molar-refractivity contribution in [3.63, 3.8) is 0 Å². The molecule has 0 radical (unpaired) electrons. The van der Waals surface area contributed by atoms with Gasteiger partial charge < -0.3 is 15.4 Å². The third-order valence-corrected chi connectivity index (χ3v) is 2.90. The fourth-order valence-electron chi connectivity index (χ4n) is 1.94. The highest BCUT2D eigenvalue weighted by Gasteiger charge is 2.21. The lowest BCUT2D eigenvalue weighted by Crippen LogP contribution is -2.49. The minimum Gasteiger partial charge on any atom is -0.444 e. The molecule has 0 aliphatic carbocycles. The van der Waals surface area contributed by atoms with Crippen LogP contribution in [0.5, 0.6) is 0 Å². The van der Waals surface area contributed by atoms with Crippen LogP contribution in [0.3, 0.4) is 0 Å². The number of benzene rings is 1. The zero-order valence-corrected chi connectivity index (χ0v) is 14.0. The summed E-state index contributed by atoms with van der Waals surface area (Å²) in [6, 6.07) is 9.27. The van der Waals surface area contributed by atoms with Crippen LogP contribution in [0.4, 0.5) is 4.79 Å². The molecule has 0 saturated heterocycles. The fourth-order valence-corrected chi connectivity index (χ4v) is 1.94. The van der Waals surface area contributed by atoms with Gasteiger partial charge in [-0.1, -0.05) is 30.3 Å². The Bertz CT molecular complexity index is 494. The highest BCUT2D eigenvalue weighted by Crippen LogP contribution is 2.07. The molecule has 0 saturated carbocycles. The highest BCUT2D eigenvalue weighted by atomic mass is 16.6. The third-order valence-electron chi connectivity index (χ3n) is 2.90. The summed E-state index contributed by atoms with van der Waals surface area (Å²) in [7, 11) is 0. The molecule has 22 heavy (non-hydrogen) atoms. The normalized spacial score (nSPS) is 13.9. The number of amides is 2. The molecule has 122 valence electrons. The summed E-state index contributed by atoms with van der Waals surface area (Å²) in [6.07, 6.45) is 0.150. The first kappa shape index (κ1) is 18.0. The maximum absolute atomic E-state index is 12.1. The Morgan fingerprint density at radius 2 is 1.68 bits per heavy atom. The van der Waals surface area contributed by atoms with E-state index in [9.17, 15) is 9.59 Å². The molecule has 5 nitrogen and oxygen atoms in total. The van der Waals surface area contributed by atoms with Crippen LogP contribution in [0, 0.1) is 0 Å². The highest BCUT2D eigenvalue weighted by molar-refractivity contribution is 5.85. The number of alkyl carbamates (subject to hydrolysis) is 1. The van der Waals surface area contributed by atoms with E-state index >= 15 is 0 Å². The summed E-state index contributed by atoms with van der Waals surface area (Å²) in [5, 5.41) is 5.42. The Hall–Kier alpha value is -2.04. The van der Waals surface area contributed by atoms with E-state index < -0.39 is 17.7 Å². The van der Waals surface area contributed by atoms with Gasteiger partial charge in [-0.15, -0.1) is 0 Å². The Balaban J connectivity index is 2.42.